The number of likely N-dealkylation sites (N-methyl/N-ethyl adjacent to an activating group) is 1. The van der Waals surface area contributed by atoms with Gasteiger partial charge in [0.2, 0.25) is 5.91 Å². The molecule has 1 amide bonds. The molecule has 1 rings (SSSR count). The van der Waals surface area contributed by atoms with E-state index in [0.29, 0.717) is 13.1 Å². The van der Waals surface area contributed by atoms with Gasteiger partial charge in [-0.1, -0.05) is 20.8 Å². The topological polar surface area (TPSA) is 55.8 Å². The molecular formula is C13H27N3O2. The zero-order valence-corrected chi connectivity index (χ0v) is 12.1. The first-order chi connectivity index (χ1) is 8.34. The molecule has 0 radical (unpaired) electrons. The third kappa shape index (κ3) is 4.55. The standard InChI is InChI=1S/C13H27N3O2/c1-13(2,3)12(18)16-7-5-15(6-8-16)10-11(17)9-14-4/h11,14,17H,5-10H2,1-4H3. The number of carbonyl (C=O) groups is 1. The van der Waals surface area contributed by atoms with Crippen molar-refractivity contribution in [1.29, 1.82) is 0 Å². The number of aliphatic hydroxyl groups is 1. The fourth-order valence-corrected chi connectivity index (χ4v) is 2.21. The average Bonchev–Trinajstić information content (AvgIpc) is 2.28. The Balaban J connectivity index is 2.35. The van der Waals surface area contributed by atoms with Crippen LogP contribution >= 0.6 is 0 Å². The van der Waals surface area contributed by atoms with Gasteiger partial charge in [-0.15, -0.1) is 0 Å². The maximum absolute atomic E-state index is 12.1. The van der Waals surface area contributed by atoms with Gasteiger partial charge in [0.15, 0.2) is 0 Å². The monoisotopic (exact) mass is 257 g/mol. The first kappa shape index (κ1) is 15.4. The summed E-state index contributed by atoms with van der Waals surface area (Å²) < 4.78 is 0. The lowest BCUT2D eigenvalue weighted by atomic mass is 9.94. The number of hydrogen-bond donors (Lipinski definition) is 2. The molecule has 0 spiro atoms. The average molecular weight is 257 g/mol. The van der Waals surface area contributed by atoms with E-state index in [1.165, 1.54) is 0 Å². The molecule has 5 heteroatoms. The van der Waals surface area contributed by atoms with Crippen LogP contribution in [0, 0.1) is 5.41 Å². The Kier molecular flexibility index (Phi) is 5.56. The minimum Gasteiger partial charge on any atom is -0.390 e. The highest BCUT2D eigenvalue weighted by Crippen LogP contribution is 2.18. The van der Waals surface area contributed by atoms with Crippen LogP contribution in [-0.4, -0.2) is 73.2 Å². The summed E-state index contributed by atoms with van der Waals surface area (Å²) in [4.78, 5) is 16.2. The van der Waals surface area contributed by atoms with Gasteiger partial charge in [-0.2, -0.15) is 0 Å². The van der Waals surface area contributed by atoms with E-state index in [0.717, 1.165) is 26.2 Å². The Morgan fingerprint density at radius 2 is 1.83 bits per heavy atom. The molecule has 0 bridgehead atoms. The van der Waals surface area contributed by atoms with Gasteiger partial charge in [0.25, 0.3) is 0 Å². The highest BCUT2D eigenvalue weighted by atomic mass is 16.3. The molecule has 106 valence electrons. The Labute approximate surface area is 110 Å². The molecule has 0 aliphatic carbocycles. The number of piperazine rings is 1. The molecule has 1 aliphatic rings. The van der Waals surface area contributed by atoms with Crippen molar-refractivity contribution in [3.63, 3.8) is 0 Å². The predicted octanol–water partition coefficient (Wildman–Crippen LogP) is -0.243. The molecule has 1 unspecified atom stereocenters. The van der Waals surface area contributed by atoms with E-state index in [2.05, 4.69) is 10.2 Å². The van der Waals surface area contributed by atoms with Crippen LogP contribution in [0.3, 0.4) is 0 Å². The maximum Gasteiger partial charge on any atom is 0.228 e. The van der Waals surface area contributed by atoms with Crippen LogP contribution < -0.4 is 5.32 Å². The van der Waals surface area contributed by atoms with Crippen molar-refractivity contribution in [2.75, 3.05) is 46.3 Å². The number of carbonyl (C=O) groups excluding carboxylic acids is 1. The summed E-state index contributed by atoms with van der Waals surface area (Å²) in [5.41, 5.74) is -0.298. The molecule has 1 fully saturated rings. The molecule has 1 heterocycles. The van der Waals surface area contributed by atoms with Crippen LogP contribution in [0.4, 0.5) is 0 Å². The van der Waals surface area contributed by atoms with E-state index in [1.54, 1.807) is 0 Å². The molecule has 0 aromatic rings. The summed E-state index contributed by atoms with van der Waals surface area (Å²) in [7, 11) is 1.84. The van der Waals surface area contributed by atoms with E-state index >= 15 is 0 Å². The van der Waals surface area contributed by atoms with Gasteiger partial charge in [0.05, 0.1) is 6.10 Å². The normalized spacial score (nSPS) is 19.9. The van der Waals surface area contributed by atoms with Gasteiger partial charge in [0, 0.05) is 44.7 Å². The van der Waals surface area contributed by atoms with Crippen LogP contribution in [0.25, 0.3) is 0 Å². The number of aliphatic hydroxyl groups excluding tert-OH is 1. The minimum atomic E-state index is -0.333. The number of nitrogens with one attached hydrogen (secondary N) is 1. The van der Waals surface area contributed by atoms with Crippen molar-refractivity contribution in [2.24, 2.45) is 5.41 Å². The molecule has 1 atom stereocenters. The van der Waals surface area contributed by atoms with Crippen LogP contribution in [0.2, 0.25) is 0 Å². The number of amides is 1. The van der Waals surface area contributed by atoms with Crippen molar-refractivity contribution in [1.82, 2.24) is 15.1 Å². The van der Waals surface area contributed by atoms with Crippen molar-refractivity contribution >= 4 is 5.91 Å². The van der Waals surface area contributed by atoms with Gasteiger partial charge in [-0.25, -0.2) is 0 Å². The van der Waals surface area contributed by atoms with Crippen molar-refractivity contribution in [3.05, 3.63) is 0 Å². The van der Waals surface area contributed by atoms with E-state index < -0.39 is 0 Å². The van der Waals surface area contributed by atoms with Crippen molar-refractivity contribution in [3.8, 4) is 0 Å². The molecule has 1 saturated heterocycles. The second kappa shape index (κ2) is 6.50. The zero-order valence-electron chi connectivity index (χ0n) is 12.1. The lowest BCUT2D eigenvalue weighted by Crippen LogP contribution is -2.53. The zero-order chi connectivity index (χ0) is 13.8. The molecule has 2 N–H and O–H groups in total. The first-order valence-corrected chi connectivity index (χ1v) is 6.69. The van der Waals surface area contributed by atoms with E-state index in [1.807, 2.05) is 32.7 Å². The summed E-state index contributed by atoms with van der Waals surface area (Å²) in [6, 6.07) is 0. The summed E-state index contributed by atoms with van der Waals surface area (Å²) >= 11 is 0. The SMILES string of the molecule is CNCC(O)CN1CCN(C(=O)C(C)(C)C)CC1. The van der Waals surface area contributed by atoms with E-state index in [4.69, 9.17) is 0 Å². The number of nitrogens with zero attached hydrogens (tertiary/aromatic N) is 2. The second-order valence-corrected chi connectivity index (χ2v) is 6.05. The van der Waals surface area contributed by atoms with Gasteiger partial charge in [-0.05, 0) is 7.05 Å². The summed E-state index contributed by atoms with van der Waals surface area (Å²) in [5, 5.41) is 12.7. The van der Waals surface area contributed by atoms with Crippen molar-refractivity contribution < 1.29 is 9.90 Å². The Bertz CT molecular complexity index is 268. The highest BCUT2D eigenvalue weighted by Gasteiger charge is 2.29. The van der Waals surface area contributed by atoms with Gasteiger partial charge < -0.3 is 15.3 Å². The molecule has 5 nitrogen and oxygen atoms in total. The van der Waals surface area contributed by atoms with Gasteiger partial charge >= 0.3 is 0 Å². The third-order valence-corrected chi connectivity index (χ3v) is 3.21. The fourth-order valence-electron chi connectivity index (χ4n) is 2.21. The number of rotatable bonds is 4. The smallest absolute Gasteiger partial charge is 0.228 e. The molecule has 0 saturated carbocycles. The molecule has 18 heavy (non-hydrogen) atoms. The van der Waals surface area contributed by atoms with Crippen LogP contribution in [0.15, 0.2) is 0 Å². The molecule has 0 aromatic heterocycles. The maximum atomic E-state index is 12.1. The summed E-state index contributed by atoms with van der Waals surface area (Å²) in [5.74, 6) is 0.220. The van der Waals surface area contributed by atoms with Crippen LogP contribution in [0.5, 0.6) is 0 Å². The number of β-amino-alcohol motifs (C(OH)–C–C–N with tert-alkyl or cyclic N) is 1. The summed E-state index contributed by atoms with van der Waals surface area (Å²) in [6.07, 6.45) is -0.333. The predicted molar refractivity (Wildman–Crippen MR) is 72.4 cm³/mol. The van der Waals surface area contributed by atoms with Gasteiger partial charge in [-0.3, -0.25) is 9.69 Å². The minimum absolute atomic E-state index is 0.220. The largest absolute Gasteiger partial charge is 0.390 e. The van der Waals surface area contributed by atoms with Crippen LogP contribution in [0.1, 0.15) is 20.8 Å². The quantitative estimate of drug-likeness (QED) is 0.730. The second-order valence-electron chi connectivity index (χ2n) is 6.05. The van der Waals surface area contributed by atoms with E-state index in [-0.39, 0.29) is 17.4 Å². The molecular weight excluding hydrogens is 230 g/mol. The highest BCUT2D eigenvalue weighted by molar-refractivity contribution is 5.81. The van der Waals surface area contributed by atoms with Gasteiger partial charge in [0.1, 0.15) is 0 Å². The first-order valence-electron chi connectivity index (χ1n) is 6.69. The number of hydrogen-bond acceptors (Lipinski definition) is 4. The Hall–Kier alpha value is -0.650. The Morgan fingerprint density at radius 1 is 1.28 bits per heavy atom. The molecule has 0 aromatic carbocycles. The lowest BCUT2D eigenvalue weighted by molar-refractivity contribution is -0.141. The third-order valence-electron chi connectivity index (χ3n) is 3.21. The van der Waals surface area contributed by atoms with Crippen molar-refractivity contribution in [2.45, 2.75) is 26.9 Å². The molecule has 1 aliphatic heterocycles. The van der Waals surface area contributed by atoms with Crippen LogP contribution in [-0.2, 0) is 4.79 Å². The Morgan fingerprint density at radius 3 is 2.28 bits per heavy atom. The van der Waals surface area contributed by atoms with E-state index in [9.17, 15) is 9.90 Å². The summed E-state index contributed by atoms with van der Waals surface area (Å²) in [6.45, 7) is 10.4. The lowest BCUT2D eigenvalue weighted by Gasteiger charge is -2.38. The fraction of sp³-hybridized carbons (Fsp3) is 0.923.